The molecule has 2 unspecified atom stereocenters. The third-order valence-electron chi connectivity index (χ3n) is 5.47. The van der Waals surface area contributed by atoms with E-state index in [2.05, 4.69) is 17.6 Å². The molecule has 0 radical (unpaired) electrons. The number of hydrogen-bond acceptors (Lipinski definition) is 4. The normalized spacial score (nSPS) is 18.3. The third kappa shape index (κ3) is 4.66. The van der Waals surface area contributed by atoms with Crippen molar-refractivity contribution in [3.63, 3.8) is 0 Å². The van der Waals surface area contributed by atoms with Gasteiger partial charge in [-0.1, -0.05) is 37.3 Å². The Morgan fingerprint density at radius 1 is 1.20 bits per heavy atom. The quantitative estimate of drug-likeness (QED) is 0.652. The van der Waals surface area contributed by atoms with Crippen LogP contribution in [0.5, 0.6) is 5.75 Å². The van der Waals surface area contributed by atoms with E-state index in [0.29, 0.717) is 17.2 Å². The van der Waals surface area contributed by atoms with Crippen LogP contribution < -0.4 is 15.4 Å². The van der Waals surface area contributed by atoms with Gasteiger partial charge in [0.25, 0.3) is 5.91 Å². The fourth-order valence-corrected chi connectivity index (χ4v) is 3.67. The lowest BCUT2D eigenvalue weighted by Gasteiger charge is -2.30. The molecule has 2 atom stereocenters. The molecule has 1 aliphatic heterocycles. The van der Waals surface area contributed by atoms with Crippen LogP contribution in [0.2, 0.25) is 0 Å². The Hall–Kier alpha value is -2.83. The molecule has 0 saturated carbocycles. The number of halogens is 1. The largest absolute Gasteiger partial charge is 0.497 e. The average Bonchev–Trinajstić information content (AvgIpc) is 3.22. The van der Waals surface area contributed by atoms with Crippen LogP contribution >= 0.6 is 12.4 Å². The summed E-state index contributed by atoms with van der Waals surface area (Å²) in [5, 5.41) is 11.3. The van der Waals surface area contributed by atoms with Gasteiger partial charge in [-0.15, -0.1) is 12.4 Å². The van der Waals surface area contributed by atoms with Crippen LogP contribution in [0.3, 0.4) is 0 Å². The molecular weight excluding hydrogens is 400 g/mol. The van der Waals surface area contributed by atoms with E-state index in [-0.39, 0.29) is 24.4 Å². The van der Waals surface area contributed by atoms with Crippen LogP contribution in [-0.2, 0) is 0 Å². The number of nitrogens with one attached hydrogen (secondary N) is 2. The van der Waals surface area contributed by atoms with E-state index < -0.39 is 0 Å². The first kappa shape index (κ1) is 21.9. The summed E-state index contributed by atoms with van der Waals surface area (Å²) in [5.74, 6) is 1.06. The summed E-state index contributed by atoms with van der Waals surface area (Å²) < 4.78 is 7.12. The number of benzene rings is 2. The smallest absolute Gasteiger partial charge is 0.255 e. The zero-order valence-electron chi connectivity index (χ0n) is 17.2. The van der Waals surface area contributed by atoms with Crippen molar-refractivity contribution in [1.29, 1.82) is 0 Å². The molecule has 1 amide bonds. The van der Waals surface area contributed by atoms with Crippen molar-refractivity contribution in [3.8, 4) is 22.7 Å². The van der Waals surface area contributed by atoms with Crippen LogP contribution in [0.15, 0.2) is 60.8 Å². The van der Waals surface area contributed by atoms with Gasteiger partial charge in [0.1, 0.15) is 11.4 Å². The summed E-state index contributed by atoms with van der Waals surface area (Å²) in [6.07, 6.45) is 2.86. The number of aromatic nitrogens is 2. The van der Waals surface area contributed by atoms with E-state index in [1.54, 1.807) is 18.0 Å². The maximum atomic E-state index is 13.2. The van der Waals surface area contributed by atoms with Crippen molar-refractivity contribution < 1.29 is 9.53 Å². The summed E-state index contributed by atoms with van der Waals surface area (Å²) >= 11 is 0. The maximum Gasteiger partial charge on any atom is 0.255 e. The zero-order chi connectivity index (χ0) is 20.2. The number of ether oxygens (including phenoxy) is 1. The fourth-order valence-electron chi connectivity index (χ4n) is 3.67. The number of piperidine rings is 1. The summed E-state index contributed by atoms with van der Waals surface area (Å²) in [7, 11) is 1.63. The number of carbonyl (C=O) groups is 1. The molecule has 2 N–H and O–H groups in total. The van der Waals surface area contributed by atoms with Gasteiger partial charge in [-0.3, -0.25) is 4.79 Å². The molecule has 1 fully saturated rings. The Kier molecular flexibility index (Phi) is 7.13. The van der Waals surface area contributed by atoms with Crippen LogP contribution in [0.4, 0.5) is 0 Å². The minimum Gasteiger partial charge on any atom is -0.497 e. The molecule has 158 valence electrons. The lowest BCUT2D eigenvalue weighted by atomic mass is 9.94. The molecule has 3 aromatic rings. The zero-order valence-corrected chi connectivity index (χ0v) is 18.0. The van der Waals surface area contributed by atoms with E-state index in [0.717, 1.165) is 36.5 Å². The van der Waals surface area contributed by atoms with Crippen LogP contribution in [0.1, 0.15) is 23.7 Å². The molecule has 1 aliphatic rings. The highest BCUT2D eigenvalue weighted by Crippen LogP contribution is 2.27. The predicted octanol–water partition coefficient (Wildman–Crippen LogP) is 3.70. The first-order valence-electron chi connectivity index (χ1n) is 9.97. The van der Waals surface area contributed by atoms with Crippen LogP contribution in [0, 0.1) is 5.92 Å². The Morgan fingerprint density at radius 2 is 2.00 bits per heavy atom. The van der Waals surface area contributed by atoms with Crippen molar-refractivity contribution in [3.05, 3.63) is 66.4 Å². The van der Waals surface area contributed by atoms with Gasteiger partial charge >= 0.3 is 0 Å². The lowest BCUT2D eigenvalue weighted by molar-refractivity contribution is 0.0916. The minimum absolute atomic E-state index is 0. The number of carbonyl (C=O) groups excluding carboxylic acids is 1. The molecule has 0 bridgehead atoms. The topological polar surface area (TPSA) is 68.2 Å². The lowest BCUT2D eigenvalue weighted by Crippen LogP contribution is -2.50. The summed E-state index contributed by atoms with van der Waals surface area (Å²) in [4.78, 5) is 13.2. The fraction of sp³-hybridized carbons (Fsp3) is 0.304. The highest BCUT2D eigenvalue weighted by molar-refractivity contribution is 6.00. The van der Waals surface area contributed by atoms with Crippen molar-refractivity contribution in [2.75, 3.05) is 20.2 Å². The molecular formula is C23H27ClN4O2. The first-order chi connectivity index (χ1) is 14.2. The van der Waals surface area contributed by atoms with Gasteiger partial charge in [0, 0.05) is 24.3 Å². The van der Waals surface area contributed by atoms with Gasteiger partial charge in [0.2, 0.25) is 0 Å². The highest BCUT2D eigenvalue weighted by atomic mass is 35.5. The first-order valence-corrected chi connectivity index (χ1v) is 9.97. The third-order valence-corrected chi connectivity index (χ3v) is 5.47. The van der Waals surface area contributed by atoms with E-state index in [1.165, 1.54) is 0 Å². The number of nitrogens with zero attached hydrogens (tertiary/aromatic N) is 2. The second-order valence-electron chi connectivity index (χ2n) is 7.45. The number of hydrogen-bond donors (Lipinski definition) is 2. The second-order valence-corrected chi connectivity index (χ2v) is 7.45. The number of methoxy groups -OCH3 is 1. The molecule has 2 heterocycles. The minimum atomic E-state index is -0.106. The van der Waals surface area contributed by atoms with Crippen molar-refractivity contribution in [2.45, 2.75) is 19.4 Å². The van der Waals surface area contributed by atoms with E-state index in [9.17, 15) is 4.79 Å². The summed E-state index contributed by atoms with van der Waals surface area (Å²) in [6, 6.07) is 17.6. The van der Waals surface area contributed by atoms with E-state index >= 15 is 0 Å². The Bertz CT molecular complexity index is 990. The molecule has 1 aromatic heterocycles. The molecule has 2 aromatic carbocycles. The Balaban J connectivity index is 0.00000256. The maximum absolute atomic E-state index is 13.2. The van der Waals surface area contributed by atoms with Gasteiger partial charge in [-0.2, -0.15) is 5.10 Å². The highest BCUT2D eigenvalue weighted by Gasteiger charge is 2.26. The average molecular weight is 427 g/mol. The van der Waals surface area contributed by atoms with Gasteiger partial charge in [-0.25, -0.2) is 4.68 Å². The van der Waals surface area contributed by atoms with Crippen LogP contribution in [-0.4, -0.2) is 41.9 Å². The van der Waals surface area contributed by atoms with Crippen molar-refractivity contribution in [1.82, 2.24) is 20.4 Å². The molecule has 0 aliphatic carbocycles. The van der Waals surface area contributed by atoms with Crippen molar-refractivity contribution >= 4 is 18.3 Å². The Labute approximate surface area is 183 Å². The molecule has 6 nitrogen and oxygen atoms in total. The Morgan fingerprint density at radius 3 is 2.73 bits per heavy atom. The SMILES string of the molecule is COc1cccc(-c2nn(-c3ccccc3)cc2C(=O)NC2CNCCC2C)c1.Cl. The van der Waals surface area contributed by atoms with Crippen molar-refractivity contribution in [2.24, 2.45) is 5.92 Å². The number of rotatable bonds is 5. The van der Waals surface area contributed by atoms with Gasteiger partial charge < -0.3 is 15.4 Å². The summed E-state index contributed by atoms with van der Waals surface area (Å²) in [5.41, 5.74) is 2.95. The monoisotopic (exact) mass is 426 g/mol. The van der Waals surface area contributed by atoms with E-state index in [1.807, 2.05) is 54.6 Å². The molecule has 30 heavy (non-hydrogen) atoms. The number of para-hydroxylation sites is 1. The van der Waals surface area contributed by atoms with Gasteiger partial charge in [0.15, 0.2) is 0 Å². The molecule has 4 rings (SSSR count). The molecule has 7 heteroatoms. The molecule has 1 saturated heterocycles. The summed E-state index contributed by atoms with van der Waals surface area (Å²) in [6.45, 7) is 3.96. The van der Waals surface area contributed by atoms with Gasteiger partial charge in [-0.05, 0) is 43.1 Å². The second kappa shape index (κ2) is 9.78. The standard InChI is InChI=1S/C23H26N4O2.ClH/c1-16-11-12-24-14-21(16)25-23(28)20-15-27(18-8-4-3-5-9-18)26-22(20)17-7-6-10-19(13-17)29-2;/h3-10,13,15-16,21,24H,11-12,14H2,1-2H3,(H,25,28);1H. The predicted molar refractivity (Wildman–Crippen MR) is 121 cm³/mol. The number of amides is 1. The molecule has 0 spiro atoms. The van der Waals surface area contributed by atoms with Gasteiger partial charge in [0.05, 0.1) is 18.4 Å². The van der Waals surface area contributed by atoms with Crippen LogP contribution in [0.25, 0.3) is 16.9 Å². The van der Waals surface area contributed by atoms with E-state index in [4.69, 9.17) is 9.84 Å².